The van der Waals surface area contributed by atoms with Crippen LogP contribution in [0.15, 0.2) is 12.4 Å². The Labute approximate surface area is 171 Å². The molecule has 2 aromatic heterocycles. The molecule has 0 aliphatic carbocycles. The lowest BCUT2D eigenvalue weighted by Gasteiger charge is -2.15. The number of ether oxygens (including phenoxy) is 2. The number of nitrogens with zero attached hydrogens (tertiary/aromatic N) is 2. The molecule has 0 radical (unpaired) electrons. The lowest BCUT2D eigenvalue weighted by Crippen LogP contribution is -2.26. The first-order chi connectivity index (χ1) is 13.3. The SMILES string of the molecule is CCCOC(=O)c1c(NC(=O)C(CC)n2cc(Cl)cn2)sc(C(=O)OC)c1C. The fraction of sp³-hybridized carbons (Fsp3) is 0.444. The topological polar surface area (TPSA) is 99.5 Å². The number of aromatic nitrogens is 2. The fourth-order valence-corrected chi connectivity index (χ4v) is 3.83. The van der Waals surface area contributed by atoms with Crippen LogP contribution < -0.4 is 5.32 Å². The van der Waals surface area contributed by atoms with Crippen LogP contribution >= 0.6 is 22.9 Å². The summed E-state index contributed by atoms with van der Waals surface area (Å²) in [6.45, 7) is 5.55. The van der Waals surface area contributed by atoms with Crippen LogP contribution in [0.1, 0.15) is 58.3 Å². The monoisotopic (exact) mass is 427 g/mol. The fourth-order valence-electron chi connectivity index (χ4n) is 2.57. The molecule has 0 spiro atoms. The number of thiophene rings is 1. The summed E-state index contributed by atoms with van der Waals surface area (Å²) in [7, 11) is 1.25. The summed E-state index contributed by atoms with van der Waals surface area (Å²) in [6.07, 6.45) is 4.09. The number of hydrogen-bond acceptors (Lipinski definition) is 7. The standard InChI is InChI=1S/C18H22ClN3O5S/c1-5-7-27-17(24)13-10(3)14(18(25)26-4)28-16(13)21-15(23)12(6-2)22-9-11(19)8-20-22/h8-9,12H,5-7H2,1-4H3,(H,21,23). The van der Waals surface area contributed by atoms with Gasteiger partial charge in [-0.2, -0.15) is 5.10 Å². The first-order valence-corrected chi connectivity index (χ1v) is 9.92. The lowest BCUT2D eigenvalue weighted by molar-refractivity contribution is -0.119. The van der Waals surface area contributed by atoms with E-state index in [-0.39, 0.29) is 28.0 Å². The van der Waals surface area contributed by atoms with Gasteiger partial charge in [-0.1, -0.05) is 25.4 Å². The van der Waals surface area contributed by atoms with Crippen LogP contribution in [-0.2, 0) is 14.3 Å². The summed E-state index contributed by atoms with van der Waals surface area (Å²) in [6, 6.07) is -0.629. The van der Waals surface area contributed by atoms with Gasteiger partial charge in [0.25, 0.3) is 0 Å². The Hall–Kier alpha value is -2.39. The normalized spacial score (nSPS) is 11.8. The van der Waals surface area contributed by atoms with Crippen molar-refractivity contribution in [3.05, 3.63) is 33.4 Å². The molecular formula is C18H22ClN3O5S. The van der Waals surface area contributed by atoms with Crippen LogP contribution in [0.2, 0.25) is 5.02 Å². The molecule has 28 heavy (non-hydrogen) atoms. The van der Waals surface area contributed by atoms with E-state index >= 15 is 0 Å². The molecule has 1 unspecified atom stereocenters. The first-order valence-electron chi connectivity index (χ1n) is 8.73. The summed E-state index contributed by atoms with van der Waals surface area (Å²) in [5, 5.41) is 7.46. The predicted octanol–water partition coefficient (Wildman–Crippen LogP) is 3.85. The summed E-state index contributed by atoms with van der Waals surface area (Å²) in [5.74, 6) is -1.57. The van der Waals surface area contributed by atoms with Gasteiger partial charge < -0.3 is 14.8 Å². The van der Waals surface area contributed by atoms with Crippen LogP contribution in [0.4, 0.5) is 5.00 Å². The average Bonchev–Trinajstić information content (AvgIpc) is 3.23. The van der Waals surface area contributed by atoms with Gasteiger partial charge >= 0.3 is 11.9 Å². The van der Waals surface area contributed by atoms with E-state index in [1.807, 2.05) is 13.8 Å². The second-order valence-electron chi connectivity index (χ2n) is 5.94. The van der Waals surface area contributed by atoms with E-state index in [0.29, 0.717) is 23.4 Å². The molecule has 1 N–H and O–H groups in total. The molecule has 0 aliphatic heterocycles. The van der Waals surface area contributed by atoms with E-state index in [1.54, 1.807) is 13.1 Å². The number of amides is 1. The van der Waals surface area contributed by atoms with Crippen LogP contribution in [-0.4, -0.2) is 41.3 Å². The van der Waals surface area contributed by atoms with E-state index in [2.05, 4.69) is 10.4 Å². The van der Waals surface area contributed by atoms with Crippen LogP contribution in [0.3, 0.4) is 0 Å². The van der Waals surface area contributed by atoms with Crippen LogP contribution in [0, 0.1) is 6.92 Å². The third-order valence-corrected chi connectivity index (χ3v) is 5.36. The zero-order chi connectivity index (χ0) is 20.8. The third-order valence-electron chi connectivity index (χ3n) is 3.97. The van der Waals surface area contributed by atoms with E-state index in [9.17, 15) is 14.4 Å². The van der Waals surface area contributed by atoms with Gasteiger partial charge in [-0.05, 0) is 25.3 Å². The van der Waals surface area contributed by atoms with Crippen molar-refractivity contribution in [1.29, 1.82) is 0 Å². The van der Waals surface area contributed by atoms with Crippen molar-refractivity contribution in [2.24, 2.45) is 0 Å². The second-order valence-corrected chi connectivity index (χ2v) is 7.40. The van der Waals surface area contributed by atoms with E-state index in [4.69, 9.17) is 21.1 Å². The molecule has 152 valence electrons. The predicted molar refractivity (Wildman–Crippen MR) is 106 cm³/mol. The summed E-state index contributed by atoms with van der Waals surface area (Å²) >= 11 is 6.87. The molecule has 1 amide bonds. The molecule has 0 aliphatic rings. The number of hydrogen-bond donors (Lipinski definition) is 1. The Bertz CT molecular complexity index is 877. The van der Waals surface area contributed by atoms with Gasteiger partial charge in [0.1, 0.15) is 15.9 Å². The second kappa shape index (κ2) is 9.70. The minimum atomic E-state index is -0.629. The summed E-state index contributed by atoms with van der Waals surface area (Å²) in [4.78, 5) is 37.6. The molecule has 0 aromatic carbocycles. The van der Waals surface area contributed by atoms with Gasteiger partial charge in [0.2, 0.25) is 5.91 Å². The molecule has 2 heterocycles. The van der Waals surface area contributed by atoms with Gasteiger partial charge in [0, 0.05) is 6.20 Å². The van der Waals surface area contributed by atoms with Crippen molar-refractivity contribution in [2.45, 2.75) is 39.7 Å². The van der Waals surface area contributed by atoms with Crippen LogP contribution in [0.25, 0.3) is 0 Å². The van der Waals surface area contributed by atoms with Crippen molar-refractivity contribution >= 4 is 45.8 Å². The summed E-state index contributed by atoms with van der Waals surface area (Å²) in [5.41, 5.74) is 0.559. The van der Waals surface area contributed by atoms with Crippen molar-refractivity contribution in [3.63, 3.8) is 0 Å². The quantitative estimate of drug-likeness (QED) is 0.642. The first kappa shape index (κ1) is 21.9. The minimum Gasteiger partial charge on any atom is -0.465 e. The Morgan fingerprint density at radius 1 is 1.32 bits per heavy atom. The number of esters is 2. The van der Waals surface area contributed by atoms with Crippen molar-refractivity contribution in [1.82, 2.24) is 9.78 Å². The van der Waals surface area contributed by atoms with Gasteiger partial charge in [0.05, 0.1) is 30.5 Å². The molecule has 2 rings (SSSR count). The molecule has 0 fully saturated rings. The summed E-state index contributed by atoms with van der Waals surface area (Å²) < 4.78 is 11.4. The van der Waals surface area contributed by atoms with Gasteiger partial charge in [-0.25, -0.2) is 9.59 Å². The van der Waals surface area contributed by atoms with Crippen molar-refractivity contribution < 1.29 is 23.9 Å². The van der Waals surface area contributed by atoms with Crippen molar-refractivity contribution in [3.8, 4) is 0 Å². The van der Waals surface area contributed by atoms with Crippen molar-refractivity contribution in [2.75, 3.05) is 19.0 Å². The maximum absolute atomic E-state index is 12.8. The third kappa shape index (κ3) is 4.71. The minimum absolute atomic E-state index is 0.153. The Morgan fingerprint density at radius 2 is 2.04 bits per heavy atom. The van der Waals surface area contributed by atoms with Gasteiger partial charge in [-0.3, -0.25) is 9.48 Å². The van der Waals surface area contributed by atoms with E-state index in [0.717, 1.165) is 11.3 Å². The highest BCUT2D eigenvalue weighted by atomic mass is 35.5. The van der Waals surface area contributed by atoms with E-state index in [1.165, 1.54) is 18.0 Å². The number of carbonyl (C=O) groups is 3. The number of methoxy groups -OCH3 is 1. The molecule has 2 aromatic rings. The molecule has 8 nitrogen and oxygen atoms in total. The maximum atomic E-state index is 12.8. The molecule has 10 heteroatoms. The number of nitrogens with one attached hydrogen (secondary N) is 1. The number of halogens is 1. The van der Waals surface area contributed by atoms with E-state index < -0.39 is 18.0 Å². The molecular weight excluding hydrogens is 406 g/mol. The lowest BCUT2D eigenvalue weighted by atomic mass is 10.1. The zero-order valence-electron chi connectivity index (χ0n) is 16.1. The highest BCUT2D eigenvalue weighted by Gasteiger charge is 2.29. The maximum Gasteiger partial charge on any atom is 0.348 e. The Morgan fingerprint density at radius 3 is 2.57 bits per heavy atom. The van der Waals surface area contributed by atoms with Gasteiger partial charge in [0.15, 0.2) is 0 Å². The molecule has 1 atom stereocenters. The molecule has 0 bridgehead atoms. The molecule has 0 saturated heterocycles. The smallest absolute Gasteiger partial charge is 0.348 e. The highest BCUT2D eigenvalue weighted by molar-refractivity contribution is 7.18. The zero-order valence-corrected chi connectivity index (χ0v) is 17.6. The highest BCUT2D eigenvalue weighted by Crippen LogP contribution is 2.35. The van der Waals surface area contributed by atoms with Crippen LogP contribution in [0.5, 0.6) is 0 Å². The number of carbonyl (C=O) groups excluding carboxylic acids is 3. The largest absolute Gasteiger partial charge is 0.465 e. The Kier molecular flexibility index (Phi) is 7.59. The number of anilines is 1. The number of rotatable bonds is 8. The Balaban J connectivity index is 2.38. The van der Waals surface area contributed by atoms with Gasteiger partial charge in [-0.15, -0.1) is 11.3 Å². The average molecular weight is 428 g/mol. The molecule has 0 saturated carbocycles.